The van der Waals surface area contributed by atoms with E-state index in [0.717, 1.165) is 11.8 Å². The van der Waals surface area contributed by atoms with Gasteiger partial charge in [-0.25, -0.2) is 0 Å². The van der Waals surface area contributed by atoms with E-state index in [2.05, 4.69) is 27.4 Å². The predicted molar refractivity (Wildman–Crippen MR) is 94.2 cm³/mol. The van der Waals surface area contributed by atoms with Gasteiger partial charge in [0.2, 0.25) is 0 Å². The van der Waals surface area contributed by atoms with Gasteiger partial charge in [-0.15, -0.1) is 6.58 Å². The van der Waals surface area contributed by atoms with Gasteiger partial charge in [0.1, 0.15) is 0 Å². The highest BCUT2D eigenvalue weighted by Gasteiger charge is 2.08. The maximum absolute atomic E-state index is 3.77. The SMILES string of the molecule is C=CCCCCCCCCC(C)CC(C)CCCCC. The van der Waals surface area contributed by atoms with Gasteiger partial charge in [0.15, 0.2) is 0 Å². The highest BCUT2D eigenvalue weighted by atomic mass is 14.1. The van der Waals surface area contributed by atoms with E-state index in [0.29, 0.717) is 0 Å². The first-order chi connectivity index (χ1) is 9.70. The average Bonchev–Trinajstić information content (AvgIpc) is 2.42. The molecule has 2 unspecified atom stereocenters. The first-order valence-corrected chi connectivity index (χ1v) is 9.31. The van der Waals surface area contributed by atoms with E-state index in [1.807, 2.05) is 6.08 Å². The summed E-state index contributed by atoms with van der Waals surface area (Å²) in [6, 6.07) is 0. The van der Waals surface area contributed by atoms with Crippen LogP contribution in [0.15, 0.2) is 12.7 Å². The van der Waals surface area contributed by atoms with Crippen molar-refractivity contribution in [3.05, 3.63) is 12.7 Å². The molecule has 0 aromatic carbocycles. The smallest absolute Gasteiger partial charge is 0.0353 e. The molecule has 0 fully saturated rings. The Morgan fingerprint density at radius 3 is 1.80 bits per heavy atom. The van der Waals surface area contributed by atoms with E-state index in [-0.39, 0.29) is 0 Å². The first-order valence-electron chi connectivity index (χ1n) is 9.31. The van der Waals surface area contributed by atoms with Crippen molar-refractivity contribution >= 4 is 0 Å². The zero-order valence-electron chi connectivity index (χ0n) is 14.6. The lowest BCUT2D eigenvalue weighted by atomic mass is 9.89. The van der Waals surface area contributed by atoms with Crippen molar-refractivity contribution in [1.82, 2.24) is 0 Å². The summed E-state index contributed by atoms with van der Waals surface area (Å²) in [6.45, 7) is 11.0. The van der Waals surface area contributed by atoms with Crippen molar-refractivity contribution < 1.29 is 0 Å². The molecule has 120 valence electrons. The van der Waals surface area contributed by atoms with Gasteiger partial charge in [-0.1, -0.05) is 91.1 Å². The molecule has 0 bridgehead atoms. The van der Waals surface area contributed by atoms with Crippen molar-refractivity contribution in [1.29, 1.82) is 0 Å². The van der Waals surface area contributed by atoms with Gasteiger partial charge in [-0.2, -0.15) is 0 Å². The molecule has 0 rings (SSSR count). The van der Waals surface area contributed by atoms with Crippen LogP contribution in [0.5, 0.6) is 0 Å². The minimum Gasteiger partial charge on any atom is -0.103 e. The molecule has 0 aromatic heterocycles. The molecule has 0 saturated carbocycles. The molecular formula is C20H40. The molecule has 20 heavy (non-hydrogen) atoms. The zero-order valence-corrected chi connectivity index (χ0v) is 14.6. The lowest BCUT2D eigenvalue weighted by Gasteiger charge is -2.17. The summed E-state index contributed by atoms with van der Waals surface area (Å²) < 4.78 is 0. The summed E-state index contributed by atoms with van der Waals surface area (Å²) in [6.07, 6.45) is 20.3. The van der Waals surface area contributed by atoms with Crippen LogP contribution in [0.1, 0.15) is 104 Å². The molecule has 0 aromatic rings. The fourth-order valence-corrected chi connectivity index (χ4v) is 3.15. The summed E-state index contributed by atoms with van der Waals surface area (Å²) in [7, 11) is 0. The molecular weight excluding hydrogens is 240 g/mol. The van der Waals surface area contributed by atoms with Crippen molar-refractivity contribution in [2.75, 3.05) is 0 Å². The molecule has 0 saturated heterocycles. The van der Waals surface area contributed by atoms with Crippen LogP contribution < -0.4 is 0 Å². The fraction of sp³-hybridized carbons (Fsp3) is 0.900. The highest BCUT2D eigenvalue weighted by molar-refractivity contribution is 4.65. The molecule has 2 atom stereocenters. The molecule has 0 nitrogen and oxygen atoms in total. The van der Waals surface area contributed by atoms with Gasteiger partial charge in [0, 0.05) is 0 Å². The maximum atomic E-state index is 3.77. The first kappa shape index (κ1) is 19.7. The van der Waals surface area contributed by atoms with Crippen molar-refractivity contribution in [2.45, 2.75) is 104 Å². The Balaban J connectivity index is 3.30. The van der Waals surface area contributed by atoms with Gasteiger partial charge in [0.05, 0.1) is 0 Å². The van der Waals surface area contributed by atoms with Crippen molar-refractivity contribution in [3.8, 4) is 0 Å². The molecule has 0 aliphatic carbocycles. The normalized spacial score (nSPS) is 14.2. The molecule has 0 aliphatic rings. The van der Waals surface area contributed by atoms with Crippen LogP contribution in [-0.4, -0.2) is 0 Å². The standard InChI is InChI=1S/C20H40/c1-5-7-9-10-11-12-13-15-17-20(4)18-19(3)16-14-8-6-2/h5,19-20H,1,6-18H2,2-4H3. The summed E-state index contributed by atoms with van der Waals surface area (Å²) in [5.74, 6) is 1.88. The molecule has 0 heterocycles. The largest absolute Gasteiger partial charge is 0.103 e. The maximum Gasteiger partial charge on any atom is -0.0353 e. The Morgan fingerprint density at radius 1 is 0.750 bits per heavy atom. The third kappa shape index (κ3) is 14.2. The minimum absolute atomic E-state index is 0.937. The summed E-state index contributed by atoms with van der Waals surface area (Å²) >= 11 is 0. The van der Waals surface area contributed by atoms with Crippen molar-refractivity contribution in [3.63, 3.8) is 0 Å². The van der Waals surface area contributed by atoms with Crippen LogP contribution in [0.2, 0.25) is 0 Å². The van der Waals surface area contributed by atoms with Crippen LogP contribution in [0, 0.1) is 11.8 Å². The van der Waals surface area contributed by atoms with Gasteiger partial charge in [-0.3, -0.25) is 0 Å². The van der Waals surface area contributed by atoms with E-state index in [4.69, 9.17) is 0 Å². The second-order valence-corrected chi connectivity index (χ2v) is 6.93. The van der Waals surface area contributed by atoms with Gasteiger partial charge >= 0.3 is 0 Å². The molecule has 0 heteroatoms. The van der Waals surface area contributed by atoms with E-state index in [9.17, 15) is 0 Å². The number of rotatable bonds is 15. The Labute approximate surface area is 129 Å². The van der Waals surface area contributed by atoms with Gasteiger partial charge in [-0.05, 0) is 31.1 Å². The van der Waals surface area contributed by atoms with E-state index >= 15 is 0 Å². The Hall–Kier alpha value is -0.260. The Morgan fingerprint density at radius 2 is 1.25 bits per heavy atom. The molecule has 0 aliphatic heterocycles. The predicted octanol–water partition coefficient (Wildman–Crippen LogP) is 7.54. The summed E-state index contributed by atoms with van der Waals surface area (Å²) in [4.78, 5) is 0. The lowest BCUT2D eigenvalue weighted by Crippen LogP contribution is -2.03. The molecule has 0 amide bonds. The van der Waals surface area contributed by atoms with E-state index in [1.165, 1.54) is 83.5 Å². The third-order valence-corrected chi connectivity index (χ3v) is 4.46. The third-order valence-electron chi connectivity index (χ3n) is 4.46. The van der Waals surface area contributed by atoms with Gasteiger partial charge < -0.3 is 0 Å². The second-order valence-electron chi connectivity index (χ2n) is 6.93. The van der Waals surface area contributed by atoms with Crippen LogP contribution >= 0.6 is 0 Å². The summed E-state index contributed by atoms with van der Waals surface area (Å²) in [5, 5.41) is 0. The van der Waals surface area contributed by atoms with Crippen molar-refractivity contribution in [2.24, 2.45) is 11.8 Å². The lowest BCUT2D eigenvalue weighted by molar-refractivity contribution is 0.358. The summed E-state index contributed by atoms with van der Waals surface area (Å²) in [5.41, 5.74) is 0. The highest BCUT2D eigenvalue weighted by Crippen LogP contribution is 2.22. The molecule has 0 radical (unpaired) electrons. The molecule has 0 spiro atoms. The molecule has 0 N–H and O–H groups in total. The van der Waals surface area contributed by atoms with Crippen LogP contribution in [0.25, 0.3) is 0 Å². The van der Waals surface area contributed by atoms with Crippen LogP contribution in [0.4, 0.5) is 0 Å². The monoisotopic (exact) mass is 280 g/mol. The number of unbranched alkanes of at least 4 members (excludes halogenated alkanes) is 8. The number of allylic oxidation sites excluding steroid dienone is 1. The Bertz CT molecular complexity index is 194. The van der Waals surface area contributed by atoms with Crippen LogP contribution in [-0.2, 0) is 0 Å². The second kappa shape index (κ2) is 15.1. The Kier molecular flexibility index (Phi) is 14.9. The number of hydrogen-bond donors (Lipinski definition) is 0. The zero-order chi connectivity index (χ0) is 15.1. The minimum atomic E-state index is 0.937. The quantitative estimate of drug-likeness (QED) is 0.215. The van der Waals surface area contributed by atoms with Gasteiger partial charge in [0.25, 0.3) is 0 Å². The van der Waals surface area contributed by atoms with E-state index in [1.54, 1.807) is 0 Å². The average molecular weight is 281 g/mol. The van der Waals surface area contributed by atoms with E-state index < -0.39 is 0 Å². The fourth-order valence-electron chi connectivity index (χ4n) is 3.15. The number of hydrogen-bond acceptors (Lipinski definition) is 0. The topological polar surface area (TPSA) is 0 Å². The van der Waals surface area contributed by atoms with Crippen LogP contribution in [0.3, 0.4) is 0 Å².